The number of allylic oxidation sites excluding steroid dienone is 1. The number of hydrogen-bond donors (Lipinski definition) is 3. The predicted octanol–water partition coefficient (Wildman–Crippen LogP) is 3.61. The number of rotatable bonds is 0. The van der Waals surface area contributed by atoms with Crippen LogP contribution >= 0.6 is 12.1 Å². The number of nitrogens with zero attached hydrogens (tertiary/aromatic N) is 1. The molecule has 0 atom stereocenters. The first-order valence-electron chi connectivity index (χ1n) is 10.3. The van der Waals surface area contributed by atoms with Gasteiger partial charge in [-0.3, -0.25) is 9.52 Å². The highest BCUT2D eigenvalue weighted by atomic mass is 32.2. The van der Waals surface area contributed by atoms with Crippen molar-refractivity contribution in [3.63, 3.8) is 0 Å². The summed E-state index contributed by atoms with van der Waals surface area (Å²) in [6, 6.07) is 18.6. The van der Waals surface area contributed by atoms with Gasteiger partial charge >= 0.3 is 0 Å². The Kier molecular flexibility index (Phi) is 5.48. The van der Waals surface area contributed by atoms with Crippen molar-refractivity contribution in [1.29, 1.82) is 0 Å². The van der Waals surface area contributed by atoms with Crippen molar-refractivity contribution >= 4 is 28.9 Å². The summed E-state index contributed by atoms with van der Waals surface area (Å²) in [7, 11) is 0. The molecule has 3 N–H and O–H groups in total. The molecule has 0 spiro atoms. The van der Waals surface area contributed by atoms with Gasteiger partial charge in [0, 0.05) is 48.1 Å². The van der Waals surface area contributed by atoms with Crippen molar-refractivity contribution in [2.45, 2.75) is 19.4 Å². The van der Waals surface area contributed by atoms with Crippen LogP contribution in [0.2, 0.25) is 0 Å². The smallest absolute Gasteiger partial charge is 0.263 e. The Balaban J connectivity index is 1.67. The van der Waals surface area contributed by atoms with Crippen LogP contribution in [0.5, 0.6) is 5.75 Å². The zero-order chi connectivity index (χ0) is 20.3. The quantitative estimate of drug-likeness (QED) is 0.485. The molecule has 3 aromatic rings. The standard InChI is InChI=1S/C23H24N4O2S/c28-23-18-15-27-19-8-3-1-6-16(19)14-20(27)17-7-2-4-9-21(17)29-22(18)10-5-11-24-12-13-25-30-26-23/h1-4,6-9,14,24-25H,5,10-13,15H2,(H,26,28). The van der Waals surface area contributed by atoms with E-state index in [9.17, 15) is 4.79 Å². The second-order valence-electron chi connectivity index (χ2n) is 7.46. The molecule has 0 radical (unpaired) electrons. The summed E-state index contributed by atoms with van der Waals surface area (Å²) < 4.78 is 14.7. The number of amides is 1. The molecule has 30 heavy (non-hydrogen) atoms. The molecule has 0 saturated heterocycles. The van der Waals surface area contributed by atoms with E-state index in [2.05, 4.69) is 43.6 Å². The molecule has 1 amide bonds. The number of fused-ring (bicyclic) bond motifs is 5. The lowest BCUT2D eigenvalue weighted by Crippen LogP contribution is -2.31. The van der Waals surface area contributed by atoms with E-state index in [-0.39, 0.29) is 5.91 Å². The number of ether oxygens (including phenoxy) is 1. The van der Waals surface area contributed by atoms with E-state index < -0.39 is 0 Å². The summed E-state index contributed by atoms with van der Waals surface area (Å²) in [5.41, 5.74) is 3.88. The van der Waals surface area contributed by atoms with Gasteiger partial charge in [0.1, 0.15) is 11.5 Å². The fourth-order valence-corrected chi connectivity index (χ4v) is 4.54. The highest BCUT2D eigenvalue weighted by Gasteiger charge is 2.25. The van der Waals surface area contributed by atoms with Gasteiger partial charge in [-0.1, -0.05) is 30.3 Å². The number of benzene rings is 2. The molecule has 2 aliphatic rings. The van der Waals surface area contributed by atoms with Gasteiger partial charge in [-0.05, 0) is 37.2 Å². The molecule has 0 unspecified atom stereocenters. The summed E-state index contributed by atoms with van der Waals surface area (Å²) in [4.78, 5) is 13.2. The van der Waals surface area contributed by atoms with Crippen LogP contribution < -0.4 is 19.5 Å². The highest BCUT2D eigenvalue weighted by Crippen LogP contribution is 2.38. The van der Waals surface area contributed by atoms with E-state index in [0.717, 1.165) is 59.7 Å². The first kappa shape index (κ1) is 19.2. The van der Waals surface area contributed by atoms with E-state index in [4.69, 9.17) is 4.74 Å². The van der Waals surface area contributed by atoms with Gasteiger partial charge < -0.3 is 14.6 Å². The fourth-order valence-electron chi connectivity index (χ4n) is 4.05. The van der Waals surface area contributed by atoms with Crippen LogP contribution in [-0.2, 0) is 11.3 Å². The van der Waals surface area contributed by atoms with Gasteiger partial charge in [-0.15, -0.1) is 0 Å². The molecule has 2 aliphatic heterocycles. The molecule has 3 heterocycles. The number of carbonyl (C=O) groups excluding carboxylic acids is 1. The third-order valence-electron chi connectivity index (χ3n) is 5.51. The summed E-state index contributed by atoms with van der Waals surface area (Å²) in [6.07, 6.45) is 1.61. The Labute approximate surface area is 179 Å². The van der Waals surface area contributed by atoms with Crippen LogP contribution in [0.4, 0.5) is 0 Å². The molecule has 5 rings (SSSR count). The van der Waals surface area contributed by atoms with Crippen LogP contribution in [0.15, 0.2) is 65.9 Å². The summed E-state index contributed by atoms with van der Waals surface area (Å²) in [5.74, 6) is 1.41. The van der Waals surface area contributed by atoms with E-state index in [1.165, 1.54) is 12.1 Å². The Morgan fingerprint density at radius 2 is 1.87 bits per heavy atom. The maximum absolute atomic E-state index is 13.2. The van der Waals surface area contributed by atoms with Gasteiger partial charge in [-0.25, -0.2) is 4.72 Å². The Morgan fingerprint density at radius 3 is 2.83 bits per heavy atom. The molecule has 154 valence electrons. The van der Waals surface area contributed by atoms with Crippen LogP contribution in [0, 0.1) is 0 Å². The lowest BCUT2D eigenvalue weighted by Gasteiger charge is -2.23. The van der Waals surface area contributed by atoms with Crippen LogP contribution in [0.25, 0.3) is 22.2 Å². The van der Waals surface area contributed by atoms with Gasteiger partial charge in [0.2, 0.25) is 0 Å². The van der Waals surface area contributed by atoms with Gasteiger partial charge in [0.15, 0.2) is 0 Å². The Hall–Kier alpha value is -2.74. The maximum atomic E-state index is 13.2. The zero-order valence-electron chi connectivity index (χ0n) is 16.6. The van der Waals surface area contributed by atoms with Crippen molar-refractivity contribution in [3.8, 4) is 17.0 Å². The fraction of sp³-hybridized carbons (Fsp3) is 0.261. The first-order chi connectivity index (χ1) is 14.8. The van der Waals surface area contributed by atoms with E-state index in [1.54, 1.807) is 0 Å². The molecule has 7 heteroatoms. The zero-order valence-corrected chi connectivity index (χ0v) is 17.4. The molecular weight excluding hydrogens is 396 g/mol. The monoisotopic (exact) mass is 420 g/mol. The minimum Gasteiger partial charge on any atom is -0.460 e. The molecule has 0 aliphatic carbocycles. The second kappa shape index (κ2) is 8.55. The van der Waals surface area contributed by atoms with Crippen LogP contribution in [-0.4, -0.2) is 30.1 Å². The first-order valence-corrected chi connectivity index (χ1v) is 11.1. The number of nitrogens with one attached hydrogen (secondary N) is 3. The molecule has 2 aromatic carbocycles. The minimum atomic E-state index is -0.112. The molecule has 6 nitrogen and oxygen atoms in total. The predicted molar refractivity (Wildman–Crippen MR) is 121 cm³/mol. The average Bonchev–Trinajstić information content (AvgIpc) is 3.11. The van der Waals surface area contributed by atoms with Gasteiger partial charge in [0.25, 0.3) is 5.91 Å². The lowest BCUT2D eigenvalue weighted by molar-refractivity contribution is -0.116. The van der Waals surface area contributed by atoms with Gasteiger partial charge in [0.05, 0.1) is 17.8 Å². The van der Waals surface area contributed by atoms with Crippen molar-refractivity contribution in [2.24, 2.45) is 0 Å². The van der Waals surface area contributed by atoms with Crippen LogP contribution in [0.3, 0.4) is 0 Å². The Morgan fingerprint density at radius 1 is 1.00 bits per heavy atom. The average molecular weight is 421 g/mol. The molecule has 0 fully saturated rings. The largest absolute Gasteiger partial charge is 0.460 e. The van der Waals surface area contributed by atoms with Crippen LogP contribution in [0.1, 0.15) is 12.8 Å². The second-order valence-corrected chi connectivity index (χ2v) is 8.15. The summed E-state index contributed by atoms with van der Waals surface area (Å²) in [5, 5.41) is 4.57. The van der Waals surface area contributed by atoms with Gasteiger partial charge in [-0.2, -0.15) is 0 Å². The van der Waals surface area contributed by atoms with E-state index in [1.807, 2.05) is 30.3 Å². The third-order valence-corrected chi connectivity index (χ3v) is 6.15. The number of para-hydroxylation sites is 2. The van der Waals surface area contributed by atoms with Crippen molar-refractivity contribution in [1.82, 2.24) is 19.3 Å². The maximum Gasteiger partial charge on any atom is 0.263 e. The lowest BCUT2D eigenvalue weighted by atomic mass is 10.1. The number of aromatic nitrogens is 1. The van der Waals surface area contributed by atoms with E-state index in [0.29, 0.717) is 18.5 Å². The minimum absolute atomic E-state index is 0.112. The number of carbonyl (C=O) groups is 1. The molecule has 0 bridgehead atoms. The molecular formula is C23H24N4O2S. The topological polar surface area (TPSA) is 67.3 Å². The number of hydrogen-bond acceptors (Lipinski definition) is 5. The van der Waals surface area contributed by atoms with Crippen molar-refractivity contribution < 1.29 is 9.53 Å². The third kappa shape index (κ3) is 3.71. The van der Waals surface area contributed by atoms with E-state index >= 15 is 0 Å². The summed E-state index contributed by atoms with van der Waals surface area (Å²) in [6.45, 7) is 2.99. The molecule has 0 saturated carbocycles. The highest BCUT2D eigenvalue weighted by molar-refractivity contribution is 7.96. The Bertz CT molecular complexity index is 1120. The van der Waals surface area contributed by atoms with Crippen molar-refractivity contribution in [3.05, 3.63) is 65.9 Å². The molecule has 1 aromatic heterocycles. The van der Waals surface area contributed by atoms with Crippen molar-refractivity contribution in [2.75, 3.05) is 19.6 Å². The summed E-state index contributed by atoms with van der Waals surface area (Å²) >= 11 is 1.23. The SMILES string of the molecule is O=C1NSNCCNCCCC2=C1Cn1c(cc3ccccc31)-c1ccccc1O2. The normalized spacial score (nSPS) is 17.9.